The second-order valence-corrected chi connectivity index (χ2v) is 7.34. The molecule has 1 unspecified atom stereocenters. The van der Waals surface area contributed by atoms with Crippen LogP contribution in [0.5, 0.6) is 0 Å². The minimum Gasteiger partial charge on any atom is -0.396 e. The maximum absolute atomic E-state index is 12.0. The van der Waals surface area contributed by atoms with Gasteiger partial charge in [-0.3, -0.25) is 4.79 Å². The molecule has 1 aromatic rings. The van der Waals surface area contributed by atoms with E-state index in [1.54, 1.807) is 6.07 Å². The van der Waals surface area contributed by atoms with E-state index in [2.05, 4.69) is 5.32 Å². The second-order valence-electron chi connectivity index (χ2n) is 4.89. The monoisotopic (exact) mass is 299 g/mol. The molecule has 0 aliphatic rings. The highest BCUT2D eigenvalue weighted by Gasteiger charge is 2.27. The number of hydrogen-bond donors (Lipinski definition) is 2. The van der Waals surface area contributed by atoms with Gasteiger partial charge in [-0.1, -0.05) is 12.1 Å². The van der Waals surface area contributed by atoms with Gasteiger partial charge in [0, 0.05) is 12.3 Å². The van der Waals surface area contributed by atoms with Crippen LogP contribution in [0.2, 0.25) is 0 Å². The summed E-state index contributed by atoms with van der Waals surface area (Å²) in [6.07, 6.45) is 0.142. The summed E-state index contributed by atoms with van der Waals surface area (Å²) in [5.74, 6) is -0.734. The minimum absolute atomic E-state index is 0.142. The fraction of sp³-hybridized carbons (Fsp3) is 0.500. The van der Waals surface area contributed by atoms with Gasteiger partial charge in [0.05, 0.1) is 5.75 Å². The van der Waals surface area contributed by atoms with Crippen molar-refractivity contribution in [2.45, 2.75) is 32.4 Å². The van der Waals surface area contributed by atoms with Gasteiger partial charge in [0.15, 0.2) is 9.84 Å². The lowest BCUT2D eigenvalue weighted by molar-refractivity contribution is -0.115. The van der Waals surface area contributed by atoms with Crippen LogP contribution >= 0.6 is 0 Å². The number of hydrogen-bond acceptors (Lipinski definition) is 4. The first kappa shape index (κ1) is 16.7. The van der Waals surface area contributed by atoms with E-state index in [1.807, 2.05) is 26.0 Å². The molecule has 6 heteroatoms. The van der Waals surface area contributed by atoms with E-state index in [9.17, 15) is 13.2 Å². The summed E-state index contributed by atoms with van der Waals surface area (Å²) >= 11 is 0. The van der Waals surface area contributed by atoms with E-state index in [0.29, 0.717) is 5.69 Å². The van der Waals surface area contributed by atoms with Crippen LogP contribution in [0.3, 0.4) is 0 Å². The number of nitrogens with one attached hydrogen (secondary N) is 1. The molecule has 112 valence electrons. The Hall–Kier alpha value is -1.40. The molecule has 0 aliphatic heterocycles. The number of aliphatic hydroxyl groups is 1. The normalized spacial score (nSPS) is 13.0. The lowest BCUT2D eigenvalue weighted by Crippen LogP contribution is -2.34. The first-order valence-electron chi connectivity index (χ1n) is 6.48. The van der Waals surface area contributed by atoms with Crippen molar-refractivity contribution in [2.75, 3.05) is 17.7 Å². The quantitative estimate of drug-likeness (QED) is 0.832. The summed E-state index contributed by atoms with van der Waals surface area (Å²) in [6, 6.07) is 5.60. The molecule has 2 N–H and O–H groups in total. The van der Waals surface area contributed by atoms with Crippen molar-refractivity contribution >= 4 is 21.4 Å². The third-order valence-electron chi connectivity index (χ3n) is 3.15. The van der Waals surface area contributed by atoms with Gasteiger partial charge >= 0.3 is 0 Å². The molecule has 0 aromatic heterocycles. The fourth-order valence-corrected chi connectivity index (χ4v) is 2.98. The number of carbonyl (C=O) groups excluding carboxylic acids is 1. The number of aryl methyl sites for hydroxylation is 2. The zero-order valence-electron chi connectivity index (χ0n) is 12.0. The Balaban J connectivity index is 2.83. The van der Waals surface area contributed by atoms with Gasteiger partial charge in [-0.05, 0) is 44.4 Å². The Bertz CT molecular complexity index is 581. The Kier molecular flexibility index (Phi) is 5.71. The van der Waals surface area contributed by atoms with E-state index in [1.165, 1.54) is 6.92 Å². The van der Waals surface area contributed by atoms with Gasteiger partial charge < -0.3 is 10.4 Å². The predicted molar refractivity (Wildman–Crippen MR) is 79.5 cm³/mol. The summed E-state index contributed by atoms with van der Waals surface area (Å²) in [6.45, 7) is 4.91. The van der Waals surface area contributed by atoms with E-state index < -0.39 is 21.0 Å². The van der Waals surface area contributed by atoms with Crippen molar-refractivity contribution in [3.05, 3.63) is 29.3 Å². The Morgan fingerprint density at radius 1 is 1.35 bits per heavy atom. The largest absolute Gasteiger partial charge is 0.396 e. The number of aliphatic hydroxyl groups excluding tert-OH is 1. The van der Waals surface area contributed by atoms with Crippen LogP contribution in [0.4, 0.5) is 5.69 Å². The second kappa shape index (κ2) is 6.85. The van der Waals surface area contributed by atoms with E-state index in [-0.39, 0.29) is 18.8 Å². The molecule has 0 spiro atoms. The third-order valence-corrected chi connectivity index (χ3v) is 5.29. The molecule has 0 saturated carbocycles. The molecule has 1 amide bonds. The van der Waals surface area contributed by atoms with Crippen molar-refractivity contribution in [3.8, 4) is 0 Å². The SMILES string of the molecule is Cc1ccc(C)c(NC(=O)C(C)S(=O)(=O)CCCO)c1. The highest BCUT2D eigenvalue weighted by molar-refractivity contribution is 7.92. The summed E-state index contributed by atoms with van der Waals surface area (Å²) in [5.41, 5.74) is 2.49. The number of carbonyl (C=O) groups is 1. The average Bonchev–Trinajstić information content (AvgIpc) is 2.39. The van der Waals surface area contributed by atoms with Crippen molar-refractivity contribution in [2.24, 2.45) is 0 Å². The molecule has 20 heavy (non-hydrogen) atoms. The molecule has 1 rings (SSSR count). The third kappa shape index (κ3) is 4.31. The maximum atomic E-state index is 12.0. The molecule has 0 saturated heterocycles. The van der Waals surface area contributed by atoms with Gasteiger partial charge in [-0.25, -0.2) is 8.42 Å². The number of anilines is 1. The van der Waals surface area contributed by atoms with Gasteiger partial charge in [-0.2, -0.15) is 0 Å². The van der Waals surface area contributed by atoms with Crippen LogP contribution < -0.4 is 5.32 Å². The highest BCUT2D eigenvalue weighted by Crippen LogP contribution is 2.17. The predicted octanol–water partition coefficient (Wildman–Crippen LogP) is 1.43. The number of rotatable bonds is 6. The lowest BCUT2D eigenvalue weighted by Gasteiger charge is -2.14. The van der Waals surface area contributed by atoms with Gasteiger partial charge in [0.2, 0.25) is 5.91 Å². The van der Waals surface area contributed by atoms with Gasteiger partial charge in [0.25, 0.3) is 0 Å². The molecule has 0 aliphatic carbocycles. The topological polar surface area (TPSA) is 83.5 Å². The smallest absolute Gasteiger partial charge is 0.242 e. The first-order valence-corrected chi connectivity index (χ1v) is 8.20. The number of benzene rings is 1. The number of sulfone groups is 1. The zero-order chi connectivity index (χ0) is 15.3. The van der Waals surface area contributed by atoms with E-state index >= 15 is 0 Å². The molecular formula is C14H21NO4S. The molecule has 0 heterocycles. The summed E-state index contributed by atoms with van der Waals surface area (Å²) in [4.78, 5) is 12.0. The molecule has 0 fully saturated rings. The van der Waals surface area contributed by atoms with Gasteiger partial charge in [-0.15, -0.1) is 0 Å². The Morgan fingerprint density at radius 2 is 2.00 bits per heavy atom. The average molecular weight is 299 g/mol. The van der Waals surface area contributed by atoms with E-state index in [4.69, 9.17) is 5.11 Å². The Labute approximate surface area is 119 Å². The summed E-state index contributed by atoms with van der Waals surface area (Å²) in [7, 11) is -3.54. The van der Waals surface area contributed by atoms with Crippen LogP contribution in [0.15, 0.2) is 18.2 Å². The van der Waals surface area contributed by atoms with Crippen molar-refractivity contribution < 1.29 is 18.3 Å². The Morgan fingerprint density at radius 3 is 2.60 bits per heavy atom. The van der Waals surface area contributed by atoms with Crippen LogP contribution in [-0.2, 0) is 14.6 Å². The van der Waals surface area contributed by atoms with Crippen molar-refractivity contribution in [3.63, 3.8) is 0 Å². The van der Waals surface area contributed by atoms with Crippen LogP contribution in [0.1, 0.15) is 24.5 Å². The minimum atomic E-state index is -3.54. The van der Waals surface area contributed by atoms with Crippen LogP contribution in [0.25, 0.3) is 0 Å². The molecule has 0 radical (unpaired) electrons. The molecule has 5 nitrogen and oxygen atoms in total. The lowest BCUT2D eigenvalue weighted by atomic mass is 10.1. The molecule has 1 atom stereocenters. The first-order chi connectivity index (χ1) is 9.27. The summed E-state index contributed by atoms with van der Waals surface area (Å²) < 4.78 is 23.8. The molecule has 0 bridgehead atoms. The molecular weight excluding hydrogens is 278 g/mol. The van der Waals surface area contributed by atoms with E-state index in [0.717, 1.165) is 11.1 Å². The van der Waals surface area contributed by atoms with Crippen molar-refractivity contribution in [1.82, 2.24) is 0 Å². The maximum Gasteiger partial charge on any atom is 0.242 e. The molecule has 1 aromatic carbocycles. The van der Waals surface area contributed by atoms with Crippen LogP contribution in [0, 0.1) is 13.8 Å². The number of amides is 1. The highest BCUT2D eigenvalue weighted by atomic mass is 32.2. The standard InChI is InChI=1S/C14H21NO4S/c1-10-5-6-11(2)13(9-10)15-14(17)12(3)20(18,19)8-4-7-16/h5-6,9,12,16H,4,7-8H2,1-3H3,(H,15,17). The zero-order valence-corrected chi connectivity index (χ0v) is 12.8. The fourth-order valence-electron chi connectivity index (χ4n) is 1.71. The van der Waals surface area contributed by atoms with Crippen LogP contribution in [-0.4, -0.2) is 37.0 Å². The van der Waals surface area contributed by atoms with Crippen molar-refractivity contribution in [1.29, 1.82) is 0 Å². The summed E-state index contributed by atoms with van der Waals surface area (Å²) in [5, 5.41) is 10.2. The van der Waals surface area contributed by atoms with Gasteiger partial charge in [0.1, 0.15) is 5.25 Å².